The zero-order valence-electron chi connectivity index (χ0n) is 9.09. The van der Waals surface area contributed by atoms with E-state index in [1.807, 2.05) is 44.3 Å². The number of hydrogen-bond acceptors (Lipinski definition) is 2. The maximum atomic E-state index is 3.86. The maximum Gasteiger partial charge on any atom is 0.0882 e. The number of benzene rings is 1. The van der Waals surface area contributed by atoms with Gasteiger partial charge in [-0.25, -0.2) is 4.68 Å². The molecule has 0 N–H and O–H groups in total. The summed E-state index contributed by atoms with van der Waals surface area (Å²) in [5, 5.41) is 7.67. The van der Waals surface area contributed by atoms with Gasteiger partial charge < -0.3 is 0 Å². The predicted molar refractivity (Wildman–Crippen MR) is 62.3 cm³/mol. The summed E-state index contributed by atoms with van der Waals surface area (Å²) < 4.78 is 1.76. The molecule has 15 heavy (non-hydrogen) atoms. The number of rotatable bonds is 1. The normalized spacial score (nSPS) is 8.93. The van der Waals surface area contributed by atoms with Crippen LogP contribution in [0.4, 0.5) is 0 Å². The highest BCUT2D eigenvalue weighted by Crippen LogP contribution is 2.15. The van der Waals surface area contributed by atoms with Gasteiger partial charge in [-0.1, -0.05) is 41.6 Å². The van der Waals surface area contributed by atoms with E-state index >= 15 is 0 Å². The zero-order valence-corrected chi connectivity index (χ0v) is 9.09. The SMILES string of the molecule is C=CC.Cn1nncc1-c1ccccc1. The van der Waals surface area contributed by atoms with Gasteiger partial charge >= 0.3 is 0 Å². The van der Waals surface area contributed by atoms with Gasteiger partial charge in [0.1, 0.15) is 0 Å². The van der Waals surface area contributed by atoms with E-state index in [2.05, 4.69) is 16.9 Å². The fourth-order valence-electron chi connectivity index (χ4n) is 1.16. The molecule has 1 aromatic heterocycles. The molecular formula is C12H15N3. The number of aryl methyl sites for hydroxylation is 1. The Kier molecular flexibility index (Phi) is 4.29. The van der Waals surface area contributed by atoms with Gasteiger partial charge in [0.2, 0.25) is 0 Å². The lowest BCUT2D eigenvalue weighted by atomic mass is 10.2. The molecule has 3 nitrogen and oxygen atoms in total. The summed E-state index contributed by atoms with van der Waals surface area (Å²) in [4.78, 5) is 0. The molecule has 0 aliphatic rings. The van der Waals surface area contributed by atoms with Crippen LogP contribution in [-0.2, 0) is 7.05 Å². The van der Waals surface area contributed by atoms with Crippen molar-refractivity contribution in [3.8, 4) is 11.3 Å². The van der Waals surface area contributed by atoms with E-state index < -0.39 is 0 Å². The second-order valence-electron chi connectivity index (χ2n) is 3.02. The van der Waals surface area contributed by atoms with E-state index in [0.717, 1.165) is 11.3 Å². The predicted octanol–water partition coefficient (Wildman–Crippen LogP) is 2.67. The van der Waals surface area contributed by atoms with Crippen LogP contribution in [0.3, 0.4) is 0 Å². The molecule has 0 unspecified atom stereocenters. The molecule has 0 saturated carbocycles. The van der Waals surface area contributed by atoms with Crippen LogP contribution in [0.2, 0.25) is 0 Å². The molecule has 78 valence electrons. The molecule has 0 amide bonds. The summed E-state index contributed by atoms with van der Waals surface area (Å²) >= 11 is 0. The van der Waals surface area contributed by atoms with Crippen LogP contribution in [0.5, 0.6) is 0 Å². The van der Waals surface area contributed by atoms with E-state index in [1.54, 1.807) is 17.0 Å². The van der Waals surface area contributed by atoms with Gasteiger partial charge in [0.15, 0.2) is 0 Å². The highest BCUT2D eigenvalue weighted by molar-refractivity contribution is 5.57. The van der Waals surface area contributed by atoms with Crippen LogP contribution in [0.25, 0.3) is 11.3 Å². The minimum atomic E-state index is 1.04. The Morgan fingerprint density at radius 1 is 1.27 bits per heavy atom. The van der Waals surface area contributed by atoms with Crippen molar-refractivity contribution in [1.29, 1.82) is 0 Å². The molecule has 0 spiro atoms. The van der Waals surface area contributed by atoms with Crippen molar-refractivity contribution in [2.75, 3.05) is 0 Å². The molecule has 0 aliphatic carbocycles. The van der Waals surface area contributed by atoms with Gasteiger partial charge in [0.05, 0.1) is 11.9 Å². The molecule has 2 rings (SSSR count). The first-order valence-electron chi connectivity index (χ1n) is 4.76. The molecule has 0 fully saturated rings. The number of nitrogens with zero attached hydrogens (tertiary/aromatic N) is 3. The maximum absolute atomic E-state index is 3.86. The minimum absolute atomic E-state index is 1.04. The third kappa shape index (κ3) is 3.06. The Bertz CT molecular complexity index is 404. The van der Waals surface area contributed by atoms with Gasteiger partial charge in [0, 0.05) is 12.6 Å². The average Bonchev–Trinajstić information content (AvgIpc) is 2.67. The fourth-order valence-corrected chi connectivity index (χ4v) is 1.16. The zero-order chi connectivity index (χ0) is 11.1. The van der Waals surface area contributed by atoms with Crippen LogP contribution in [0.1, 0.15) is 6.92 Å². The quantitative estimate of drug-likeness (QED) is 0.664. The van der Waals surface area contributed by atoms with Crippen LogP contribution in [0.15, 0.2) is 49.2 Å². The third-order valence-electron chi connectivity index (χ3n) is 1.78. The summed E-state index contributed by atoms with van der Waals surface area (Å²) in [6.07, 6.45) is 3.51. The Balaban J connectivity index is 0.000000337. The molecular weight excluding hydrogens is 186 g/mol. The first-order valence-corrected chi connectivity index (χ1v) is 4.76. The van der Waals surface area contributed by atoms with Gasteiger partial charge in [-0.3, -0.25) is 0 Å². The smallest absolute Gasteiger partial charge is 0.0882 e. The molecule has 3 heteroatoms. The second-order valence-corrected chi connectivity index (χ2v) is 3.02. The van der Waals surface area contributed by atoms with Crippen molar-refractivity contribution < 1.29 is 0 Å². The first-order chi connectivity index (χ1) is 7.29. The number of allylic oxidation sites excluding steroid dienone is 1. The highest BCUT2D eigenvalue weighted by atomic mass is 15.4. The molecule has 1 heterocycles. The van der Waals surface area contributed by atoms with E-state index in [1.165, 1.54) is 0 Å². The van der Waals surface area contributed by atoms with Crippen LogP contribution in [-0.4, -0.2) is 15.0 Å². The Morgan fingerprint density at radius 3 is 2.33 bits per heavy atom. The van der Waals surface area contributed by atoms with E-state index in [9.17, 15) is 0 Å². The molecule has 0 saturated heterocycles. The molecule has 0 radical (unpaired) electrons. The van der Waals surface area contributed by atoms with Gasteiger partial charge in [-0.15, -0.1) is 11.7 Å². The van der Waals surface area contributed by atoms with Gasteiger partial charge in [-0.05, 0) is 6.92 Å². The van der Waals surface area contributed by atoms with Crippen molar-refractivity contribution in [2.24, 2.45) is 7.05 Å². The van der Waals surface area contributed by atoms with Crippen LogP contribution < -0.4 is 0 Å². The van der Waals surface area contributed by atoms with Crippen molar-refractivity contribution >= 4 is 0 Å². The van der Waals surface area contributed by atoms with Gasteiger partial charge in [-0.2, -0.15) is 0 Å². The van der Waals surface area contributed by atoms with Gasteiger partial charge in [0.25, 0.3) is 0 Å². The molecule has 0 bridgehead atoms. The van der Waals surface area contributed by atoms with E-state index in [0.29, 0.717) is 0 Å². The molecule has 1 aromatic carbocycles. The molecule has 0 atom stereocenters. The lowest BCUT2D eigenvalue weighted by molar-refractivity contribution is 0.720. The van der Waals surface area contributed by atoms with E-state index in [4.69, 9.17) is 0 Å². The van der Waals surface area contributed by atoms with Crippen molar-refractivity contribution in [3.63, 3.8) is 0 Å². The largest absolute Gasteiger partial charge is 0.248 e. The van der Waals surface area contributed by atoms with E-state index in [-0.39, 0.29) is 0 Å². The average molecular weight is 201 g/mol. The van der Waals surface area contributed by atoms with Crippen LogP contribution in [0, 0.1) is 0 Å². The molecule has 2 aromatic rings. The summed E-state index contributed by atoms with van der Waals surface area (Å²) in [5.74, 6) is 0. The lowest BCUT2D eigenvalue weighted by Crippen LogP contribution is -1.93. The molecule has 0 aliphatic heterocycles. The van der Waals surface area contributed by atoms with Crippen molar-refractivity contribution in [2.45, 2.75) is 6.92 Å². The number of hydrogen-bond donors (Lipinski definition) is 0. The highest BCUT2D eigenvalue weighted by Gasteiger charge is 2.00. The summed E-state index contributed by atoms with van der Waals surface area (Å²) in [5.41, 5.74) is 2.18. The Labute approximate surface area is 90.1 Å². The third-order valence-corrected chi connectivity index (χ3v) is 1.78. The van der Waals surface area contributed by atoms with Crippen LogP contribution >= 0.6 is 0 Å². The Morgan fingerprint density at radius 2 is 1.87 bits per heavy atom. The fraction of sp³-hybridized carbons (Fsp3) is 0.167. The minimum Gasteiger partial charge on any atom is -0.248 e. The van der Waals surface area contributed by atoms with Crippen molar-refractivity contribution in [3.05, 3.63) is 49.2 Å². The number of aromatic nitrogens is 3. The summed E-state index contributed by atoms with van der Waals surface area (Å²) in [7, 11) is 1.88. The second kappa shape index (κ2) is 5.75. The standard InChI is InChI=1S/C9H9N3.C3H6/c1-12-9(7-10-11-12)8-5-3-2-4-6-8;1-3-2/h2-7H,1H3;3H,1H2,2H3. The topological polar surface area (TPSA) is 30.7 Å². The van der Waals surface area contributed by atoms with Crippen molar-refractivity contribution in [1.82, 2.24) is 15.0 Å². The summed E-state index contributed by atoms with van der Waals surface area (Å²) in [6, 6.07) is 10.1. The first kappa shape index (κ1) is 11.2. The monoisotopic (exact) mass is 201 g/mol. The summed E-state index contributed by atoms with van der Waals surface area (Å²) in [6.45, 7) is 5.25. The Hall–Kier alpha value is -1.90. The lowest BCUT2D eigenvalue weighted by Gasteiger charge is -1.98.